The quantitative estimate of drug-likeness (QED) is 0.291. The molecule has 4 rings (SSSR count). The van der Waals surface area contributed by atoms with Crippen LogP contribution in [0.5, 0.6) is 0 Å². The van der Waals surface area contributed by atoms with Crippen LogP contribution in [-0.4, -0.2) is 25.8 Å². The number of benzene rings is 3. The standard InChI is InChI=1S/C22H15N5O4/c23-12-14-1-7-17(8-2-14)22(28)24-13-15-3-5-16(6-4-15)21-25-19-10-9-18(27(30)31)11-20(19)26(21)29/h1-11,29H,13H2,(H,24,28). The van der Waals surface area contributed by atoms with Gasteiger partial charge in [-0.3, -0.25) is 14.9 Å². The number of carbonyl (C=O) groups is 1. The topological polar surface area (TPSA) is 134 Å². The molecule has 0 aliphatic heterocycles. The summed E-state index contributed by atoms with van der Waals surface area (Å²) in [7, 11) is 0. The second kappa shape index (κ2) is 7.96. The third-order valence-electron chi connectivity index (χ3n) is 4.77. The van der Waals surface area contributed by atoms with Crippen LogP contribution < -0.4 is 5.32 Å². The van der Waals surface area contributed by atoms with Crippen LogP contribution in [0.3, 0.4) is 0 Å². The van der Waals surface area contributed by atoms with Gasteiger partial charge in [0.2, 0.25) is 0 Å². The van der Waals surface area contributed by atoms with Gasteiger partial charge in [-0.25, -0.2) is 4.98 Å². The molecule has 0 spiro atoms. The monoisotopic (exact) mass is 413 g/mol. The molecule has 0 saturated heterocycles. The minimum absolute atomic E-state index is 0.136. The Hall–Kier alpha value is -4.71. The maximum absolute atomic E-state index is 12.2. The number of rotatable bonds is 5. The van der Waals surface area contributed by atoms with E-state index in [-0.39, 0.29) is 22.9 Å². The molecule has 0 aliphatic carbocycles. The Kier molecular flexibility index (Phi) is 5.03. The Bertz CT molecular complexity index is 1340. The number of aromatic nitrogens is 2. The van der Waals surface area contributed by atoms with Crippen LogP contribution in [0.4, 0.5) is 5.69 Å². The predicted molar refractivity (Wildman–Crippen MR) is 111 cm³/mol. The van der Waals surface area contributed by atoms with Crippen LogP contribution in [0.2, 0.25) is 0 Å². The number of imidazole rings is 1. The van der Waals surface area contributed by atoms with Crippen LogP contribution in [-0.2, 0) is 6.54 Å². The molecule has 0 atom stereocenters. The SMILES string of the molecule is N#Cc1ccc(C(=O)NCc2ccc(-c3nc4ccc([N+](=O)[O-])cc4n3O)cc2)cc1. The van der Waals surface area contributed by atoms with Crippen LogP contribution in [0.1, 0.15) is 21.5 Å². The van der Waals surface area contributed by atoms with E-state index in [1.165, 1.54) is 18.2 Å². The fraction of sp³-hybridized carbons (Fsp3) is 0.0455. The highest BCUT2D eigenvalue weighted by Crippen LogP contribution is 2.26. The fourth-order valence-corrected chi connectivity index (χ4v) is 3.10. The van der Waals surface area contributed by atoms with Crippen LogP contribution in [0.25, 0.3) is 22.4 Å². The summed E-state index contributed by atoms with van der Waals surface area (Å²) in [6.45, 7) is 0.293. The van der Waals surface area contributed by atoms with Crippen molar-refractivity contribution in [1.82, 2.24) is 15.0 Å². The lowest BCUT2D eigenvalue weighted by Crippen LogP contribution is -2.22. The lowest BCUT2D eigenvalue weighted by atomic mass is 10.1. The summed E-state index contributed by atoms with van der Waals surface area (Å²) in [5, 5.41) is 33.0. The Balaban J connectivity index is 1.49. The normalized spacial score (nSPS) is 10.5. The second-order valence-corrected chi connectivity index (χ2v) is 6.75. The Labute approximate surface area is 175 Å². The summed E-state index contributed by atoms with van der Waals surface area (Å²) in [4.78, 5) is 27.0. The molecule has 0 bridgehead atoms. The van der Waals surface area contributed by atoms with E-state index in [4.69, 9.17) is 5.26 Å². The molecule has 1 aromatic heterocycles. The molecule has 0 saturated carbocycles. The highest BCUT2D eigenvalue weighted by Gasteiger charge is 2.16. The summed E-state index contributed by atoms with van der Waals surface area (Å²) in [6, 6.07) is 19.5. The molecule has 0 fully saturated rings. The smallest absolute Gasteiger partial charge is 0.271 e. The Morgan fingerprint density at radius 3 is 2.48 bits per heavy atom. The first-order chi connectivity index (χ1) is 15.0. The zero-order valence-electron chi connectivity index (χ0n) is 16.0. The molecule has 9 nitrogen and oxygen atoms in total. The second-order valence-electron chi connectivity index (χ2n) is 6.75. The average molecular weight is 413 g/mol. The van der Waals surface area contributed by atoms with Crippen molar-refractivity contribution in [2.75, 3.05) is 0 Å². The number of nitriles is 1. The molecular weight excluding hydrogens is 398 g/mol. The minimum Gasteiger partial charge on any atom is -0.426 e. The van der Waals surface area contributed by atoms with E-state index < -0.39 is 4.92 Å². The van der Waals surface area contributed by atoms with Crippen LogP contribution in [0.15, 0.2) is 66.7 Å². The van der Waals surface area contributed by atoms with Crippen molar-refractivity contribution < 1.29 is 14.9 Å². The van der Waals surface area contributed by atoms with Gasteiger partial charge in [0.25, 0.3) is 11.6 Å². The van der Waals surface area contributed by atoms with Crippen molar-refractivity contribution >= 4 is 22.6 Å². The molecule has 31 heavy (non-hydrogen) atoms. The van der Waals surface area contributed by atoms with E-state index in [0.717, 1.165) is 10.3 Å². The van der Waals surface area contributed by atoms with Gasteiger partial charge in [-0.2, -0.15) is 9.99 Å². The maximum atomic E-state index is 12.2. The third kappa shape index (κ3) is 3.90. The summed E-state index contributed by atoms with van der Waals surface area (Å²) >= 11 is 0. The van der Waals surface area contributed by atoms with Gasteiger partial charge in [-0.1, -0.05) is 24.3 Å². The van der Waals surface area contributed by atoms with E-state index in [1.54, 1.807) is 48.5 Å². The number of fused-ring (bicyclic) bond motifs is 1. The van der Waals surface area contributed by atoms with E-state index in [0.29, 0.717) is 28.8 Å². The predicted octanol–water partition coefficient (Wildman–Crippen LogP) is 3.65. The van der Waals surface area contributed by atoms with Crippen molar-refractivity contribution in [3.05, 3.63) is 93.5 Å². The number of carbonyl (C=O) groups excluding carboxylic acids is 1. The van der Waals surface area contributed by atoms with E-state index in [2.05, 4.69) is 10.3 Å². The maximum Gasteiger partial charge on any atom is 0.271 e. The van der Waals surface area contributed by atoms with Crippen molar-refractivity contribution in [2.45, 2.75) is 6.54 Å². The van der Waals surface area contributed by atoms with Crippen LogP contribution in [0, 0.1) is 21.4 Å². The third-order valence-corrected chi connectivity index (χ3v) is 4.77. The first-order valence-electron chi connectivity index (χ1n) is 9.20. The number of non-ortho nitro benzene ring substituents is 1. The molecule has 152 valence electrons. The van der Waals surface area contributed by atoms with Gasteiger partial charge in [-0.05, 0) is 35.9 Å². The van der Waals surface area contributed by atoms with Gasteiger partial charge in [-0.15, -0.1) is 0 Å². The van der Waals surface area contributed by atoms with Gasteiger partial charge < -0.3 is 10.5 Å². The lowest BCUT2D eigenvalue weighted by molar-refractivity contribution is -0.384. The highest BCUT2D eigenvalue weighted by atomic mass is 16.6. The zero-order valence-corrected chi connectivity index (χ0v) is 16.0. The summed E-state index contributed by atoms with van der Waals surface area (Å²) in [5.41, 5.74) is 2.92. The number of nitrogens with one attached hydrogen (secondary N) is 1. The van der Waals surface area contributed by atoms with E-state index >= 15 is 0 Å². The molecule has 3 aromatic carbocycles. The Morgan fingerprint density at radius 2 is 1.84 bits per heavy atom. The van der Waals surface area contributed by atoms with E-state index in [1.807, 2.05) is 6.07 Å². The summed E-state index contributed by atoms with van der Waals surface area (Å²) in [6.07, 6.45) is 0. The molecular formula is C22H15N5O4. The summed E-state index contributed by atoms with van der Waals surface area (Å²) < 4.78 is 0.823. The molecule has 4 aromatic rings. The number of amides is 1. The number of nitro benzene ring substituents is 1. The van der Waals surface area contributed by atoms with Crippen molar-refractivity contribution in [3.8, 4) is 17.5 Å². The molecule has 1 heterocycles. The molecule has 0 aliphatic rings. The van der Waals surface area contributed by atoms with Gasteiger partial charge in [0.05, 0.1) is 22.1 Å². The van der Waals surface area contributed by atoms with Gasteiger partial charge in [0.15, 0.2) is 5.82 Å². The number of nitro groups is 1. The van der Waals surface area contributed by atoms with Crippen molar-refractivity contribution in [3.63, 3.8) is 0 Å². The van der Waals surface area contributed by atoms with Crippen LogP contribution >= 0.6 is 0 Å². The first-order valence-corrected chi connectivity index (χ1v) is 9.20. The van der Waals surface area contributed by atoms with Gasteiger partial charge in [0, 0.05) is 29.8 Å². The number of nitrogens with zero attached hydrogens (tertiary/aromatic N) is 4. The van der Waals surface area contributed by atoms with Crippen molar-refractivity contribution in [1.29, 1.82) is 5.26 Å². The van der Waals surface area contributed by atoms with Gasteiger partial charge >= 0.3 is 0 Å². The highest BCUT2D eigenvalue weighted by molar-refractivity contribution is 5.94. The minimum atomic E-state index is -0.535. The first kappa shape index (κ1) is 19.6. The molecule has 1 amide bonds. The molecule has 9 heteroatoms. The lowest BCUT2D eigenvalue weighted by Gasteiger charge is -2.07. The summed E-state index contributed by atoms with van der Waals surface area (Å²) in [5.74, 6) is -0.00372. The molecule has 0 unspecified atom stereocenters. The molecule has 2 N–H and O–H groups in total. The van der Waals surface area contributed by atoms with Crippen molar-refractivity contribution in [2.24, 2.45) is 0 Å². The average Bonchev–Trinajstić information content (AvgIpc) is 3.13. The van der Waals surface area contributed by atoms with Gasteiger partial charge in [0.1, 0.15) is 5.52 Å². The zero-order chi connectivity index (χ0) is 22.0. The number of hydrogen-bond acceptors (Lipinski definition) is 6. The Morgan fingerprint density at radius 1 is 1.13 bits per heavy atom. The fourth-order valence-electron chi connectivity index (χ4n) is 3.10. The largest absolute Gasteiger partial charge is 0.426 e. The van der Waals surface area contributed by atoms with E-state index in [9.17, 15) is 20.1 Å². The number of hydrogen-bond donors (Lipinski definition) is 2. The molecule has 0 radical (unpaired) electrons.